The highest BCUT2D eigenvalue weighted by Gasteiger charge is 2.31. The summed E-state index contributed by atoms with van der Waals surface area (Å²) >= 11 is 3.29. The summed E-state index contributed by atoms with van der Waals surface area (Å²) in [5.41, 5.74) is 2.21. The number of hydrogen-bond donors (Lipinski definition) is 0. The Morgan fingerprint density at radius 3 is 2.94 bits per heavy atom. The van der Waals surface area contributed by atoms with Crippen LogP contribution in [0.25, 0.3) is 0 Å². The largest absolute Gasteiger partial charge is 0.368 e. The molecular weight excluding hydrogens is 295 g/mol. The van der Waals surface area contributed by atoms with Crippen LogP contribution in [0.5, 0.6) is 0 Å². The molecule has 2 fully saturated rings. The van der Waals surface area contributed by atoms with Gasteiger partial charge in [-0.15, -0.1) is 0 Å². The van der Waals surface area contributed by atoms with Crippen LogP contribution in [-0.4, -0.2) is 37.1 Å². The Bertz CT molecular complexity index is 463. The fourth-order valence-corrected chi connectivity index (χ4v) is 3.52. The Morgan fingerprint density at radius 2 is 2.11 bits per heavy atom. The maximum Gasteiger partial charge on any atom is 0.137 e. The van der Waals surface area contributed by atoms with Crippen molar-refractivity contribution in [1.82, 2.24) is 4.90 Å². The third-order valence-electron chi connectivity index (χ3n) is 4.17. The van der Waals surface area contributed by atoms with Crippen molar-refractivity contribution >= 4 is 21.6 Å². The van der Waals surface area contributed by atoms with Crippen LogP contribution in [0, 0.1) is 12.7 Å². The smallest absolute Gasteiger partial charge is 0.137 e. The molecule has 0 spiro atoms. The molecule has 2 aliphatic heterocycles. The summed E-state index contributed by atoms with van der Waals surface area (Å²) in [5.74, 6) is -0.171. The van der Waals surface area contributed by atoms with Crippen molar-refractivity contribution in [3.05, 3.63) is 28.0 Å². The number of anilines is 1. The number of halogens is 2. The zero-order valence-corrected chi connectivity index (χ0v) is 12.2. The molecule has 0 radical (unpaired) electrons. The van der Waals surface area contributed by atoms with Crippen LogP contribution in [0.1, 0.15) is 18.4 Å². The molecule has 4 heteroatoms. The lowest BCUT2D eigenvalue weighted by Crippen LogP contribution is -2.50. The van der Waals surface area contributed by atoms with Crippen molar-refractivity contribution in [2.24, 2.45) is 0 Å². The van der Waals surface area contributed by atoms with E-state index in [9.17, 15) is 4.39 Å². The first-order valence-corrected chi connectivity index (χ1v) is 7.39. The highest BCUT2D eigenvalue weighted by atomic mass is 79.9. The Balaban J connectivity index is 1.84. The monoisotopic (exact) mass is 312 g/mol. The molecular formula is C14H18BrFN2. The van der Waals surface area contributed by atoms with E-state index in [1.807, 2.05) is 13.0 Å². The van der Waals surface area contributed by atoms with Crippen molar-refractivity contribution < 1.29 is 4.39 Å². The first-order chi connectivity index (χ1) is 8.65. The first-order valence-electron chi connectivity index (χ1n) is 6.60. The molecule has 98 valence electrons. The first kappa shape index (κ1) is 12.4. The third-order valence-corrected chi connectivity index (χ3v) is 4.77. The number of rotatable bonds is 1. The SMILES string of the molecule is Cc1cc(F)c(Br)cc1N1CCN2CCCC2C1. The number of benzene rings is 1. The molecule has 2 saturated heterocycles. The van der Waals surface area contributed by atoms with Gasteiger partial charge in [0, 0.05) is 31.4 Å². The van der Waals surface area contributed by atoms with E-state index in [0.717, 1.165) is 25.2 Å². The van der Waals surface area contributed by atoms with Gasteiger partial charge in [-0.3, -0.25) is 4.90 Å². The molecule has 18 heavy (non-hydrogen) atoms. The Morgan fingerprint density at radius 1 is 1.28 bits per heavy atom. The summed E-state index contributed by atoms with van der Waals surface area (Å²) in [4.78, 5) is 5.00. The van der Waals surface area contributed by atoms with Gasteiger partial charge in [0.15, 0.2) is 0 Å². The minimum Gasteiger partial charge on any atom is -0.368 e. The fourth-order valence-electron chi connectivity index (χ4n) is 3.19. The number of piperazine rings is 1. The second-order valence-corrected chi connectivity index (χ2v) is 6.19. The van der Waals surface area contributed by atoms with Gasteiger partial charge in [-0.1, -0.05) is 0 Å². The van der Waals surface area contributed by atoms with Gasteiger partial charge in [0.2, 0.25) is 0 Å². The summed E-state index contributed by atoms with van der Waals surface area (Å²) in [5, 5.41) is 0. The van der Waals surface area contributed by atoms with Gasteiger partial charge in [-0.25, -0.2) is 4.39 Å². The third kappa shape index (κ3) is 2.16. The molecule has 1 aromatic rings. The summed E-state index contributed by atoms with van der Waals surface area (Å²) in [6, 6.07) is 4.25. The molecule has 0 saturated carbocycles. The number of aryl methyl sites for hydroxylation is 1. The van der Waals surface area contributed by atoms with Crippen LogP contribution in [0.15, 0.2) is 16.6 Å². The lowest BCUT2D eigenvalue weighted by molar-refractivity contribution is 0.231. The van der Waals surface area contributed by atoms with Crippen molar-refractivity contribution in [2.45, 2.75) is 25.8 Å². The van der Waals surface area contributed by atoms with Crippen molar-refractivity contribution in [1.29, 1.82) is 0 Å². The van der Waals surface area contributed by atoms with Crippen LogP contribution >= 0.6 is 15.9 Å². The summed E-state index contributed by atoms with van der Waals surface area (Å²) < 4.78 is 14.0. The maximum atomic E-state index is 13.5. The van der Waals surface area contributed by atoms with Gasteiger partial charge in [-0.05, 0) is 59.9 Å². The van der Waals surface area contributed by atoms with Crippen molar-refractivity contribution in [3.63, 3.8) is 0 Å². The number of fused-ring (bicyclic) bond motifs is 1. The van der Waals surface area contributed by atoms with Crippen LogP contribution < -0.4 is 4.90 Å². The van der Waals surface area contributed by atoms with Gasteiger partial charge in [0.1, 0.15) is 5.82 Å². The molecule has 2 nitrogen and oxygen atoms in total. The molecule has 2 heterocycles. The van der Waals surface area contributed by atoms with Gasteiger partial charge < -0.3 is 4.90 Å². The molecule has 1 aromatic carbocycles. The summed E-state index contributed by atoms with van der Waals surface area (Å²) in [6.45, 7) is 6.52. The molecule has 3 rings (SSSR count). The van der Waals surface area contributed by atoms with Crippen LogP contribution in [0.3, 0.4) is 0 Å². The standard InChI is InChI=1S/C14H18BrFN2/c1-10-7-13(16)12(15)8-14(10)18-6-5-17-4-2-3-11(17)9-18/h7-8,11H,2-6,9H2,1H3. The van der Waals surface area contributed by atoms with Crippen molar-refractivity contribution in [2.75, 3.05) is 31.1 Å². The zero-order chi connectivity index (χ0) is 12.7. The highest BCUT2D eigenvalue weighted by Crippen LogP contribution is 2.30. The van der Waals surface area contributed by atoms with Crippen LogP contribution in [0.2, 0.25) is 0 Å². The van der Waals surface area contributed by atoms with Gasteiger partial charge in [-0.2, -0.15) is 0 Å². The second kappa shape index (κ2) is 4.82. The summed E-state index contributed by atoms with van der Waals surface area (Å²) in [7, 11) is 0. The van der Waals surface area contributed by atoms with E-state index in [2.05, 4.69) is 25.7 Å². The average molecular weight is 313 g/mol. The maximum absolute atomic E-state index is 13.5. The normalized spacial score (nSPS) is 24.4. The minimum atomic E-state index is -0.171. The van der Waals surface area contributed by atoms with E-state index in [0.29, 0.717) is 10.5 Å². The zero-order valence-electron chi connectivity index (χ0n) is 10.6. The Kier molecular flexibility index (Phi) is 3.32. The molecule has 1 unspecified atom stereocenters. The molecule has 0 aliphatic carbocycles. The quantitative estimate of drug-likeness (QED) is 0.786. The Labute approximate surface area is 116 Å². The second-order valence-electron chi connectivity index (χ2n) is 5.33. The van der Waals surface area contributed by atoms with Crippen LogP contribution in [-0.2, 0) is 0 Å². The predicted octanol–water partition coefficient (Wildman–Crippen LogP) is 3.18. The van der Waals surface area contributed by atoms with E-state index >= 15 is 0 Å². The predicted molar refractivity (Wildman–Crippen MR) is 75.6 cm³/mol. The van der Waals surface area contributed by atoms with Crippen molar-refractivity contribution in [3.8, 4) is 0 Å². The molecule has 0 amide bonds. The van der Waals surface area contributed by atoms with Gasteiger partial charge in [0.25, 0.3) is 0 Å². The lowest BCUT2D eigenvalue weighted by atomic mass is 10.1. The topological polar surface area (TPSA) is 6.48 Å². The molecule has 0 aromatic heterocycles. The van der Waals surface area contributed by atoms with Gasteiger partial charge in [0.05, 0.1) is 4.47 Å². The summed E-state index contributed by atoms with van der Waals surface area (Å²) in [6.07, 6.45) is 2.63. The lowest BCUT2D eigenvalue weighted by Gasteiger charge is -2.39. The van der Waals surface area contributed by atoms with E-state index in [-0.39, 0.29) is 5.82 Å². The minimum absolute atomic E-state index is 0.171. The van der Waals surface area contributed by atoms with Crippen LogP contribution in [0.4, 0.5) is 10.1 Å². The van der Waals surface area contributed by atoms with E-state index < -0.39 is 0 Å². The molecule has 0 bridgehead atoms. The highest BCUT2D eigenvalue weighted by molar-refractivity contribution is 9.10. The number of nitrogens with zero attached hydrogens (tertiary/aromatic N) is 2. The molecule has 0 N–H and O–H groups in total. The number of hydrogen-bond acceptors (Lipinski definition) is 2. The van der Waals surface area contributed by atoms with E-state index in [4.69, 9.17) is 0 Å². The van der Waals surface area contributed by atoms with E-state index in [1.165, 1.54) is 25.1 Å². The average Bonchev–Trinajstić information content (AvgIpc) is 2.80. The van der Waals surface area contributed by atoms with E-state index in [1.54, 1.807) is 6.07 Å². The Hall–Kier alpha value is -0.610. The molecule has 2 aliphatic rings. The molecule has 1 atom stereocenters. The fraction of sp³-hybridized carbons (Fsp3) is 0.571. The van der Waals surface area contributed by atoms with Gasteiger partial charge >= 0.3 is 0 Å².